The van der Waals surface area contributed by atoms with E-state index in [-0.39, 0.29) is 23.2 Å². The van der Waals surface area contributed by atoms with Gasteiger partial charge < -0.3 is 13.9 Å². The van der Waals surface area contributed by atoms with Crippen molar-refractivity contribution in [3.8, 4) is 0 Å². The molecule has 0 radical (unpaired) electrons. The maximum Gasteiger partial charge on any atom is 0.330 e. The van der Waals surface area contributed by atoms with Gasteiger partial charge >= 0.3 is 5.97 Å². The molecule has 1 aromatic carbocycles. The highest BCUT2D eigenvalue weighted by molar-refractivity contribution is 9.09. The Bertz CT molecular complexity index is 611. The van der Waals surface area contributed by atoms with E-state index in [0.717, 1.165) is 17.3 Å². The van der Waals surface area contributed by atoms with E-state index in [1.165, 1.54) is 13.2 Å². The molecule has 4 nitrogen and oxygen atoms in total. The summed E-state index contributed by atoms with van der Waals surface area (Å²) in [5.74, 6) is -0.351. The van der Waals surface area contributed by atoms with Crippen LogP contribution in [0.4, 0.5) is 0 Å². The third-order valence-electron chi connectivity index (χ3n) is 5.15. The van der Waals surface area contributed by atoms with Gasteiger partial charge in [0.2, 0.25) is 0 Å². The molecule has 0 saturated carbocycles. The highest BCUT2D eigenvalue weighted by Gasteiger charge is 2.39. The molecule has 0 N–H and O–H groups in total. The topological polar surface area (TPSA) is 44.8 Å². The Hall–Kier alpha value is -0.953. The fourth-order valence-corrected chi connectivity index (χ4v) is 4.44. The van der Waals surface area contributed by atoms with Crippen LogP contribution in [0, 0.1) is 0 Å². The van der Waals surface area contributed by atoms with E-state index in [4.69, 9.17) is 9.16 Å². The van der Waals surface area contributed by atoms with E-state index in [1.54, 1.807) is 0 Å². The van der Waals surface area contributed by atoms with Crippen LogP contribution in [0.15, 0.2) is 42.5 Å². The summed E-state index contributed by atoms with van der Waals surface area (Å²) in [6, 6.07) is 10.1. The average Bonchev–Trinajstić information content (AvgIpc) is 2.64. The lowest BCUT2D eigenvalue weighted by Gasteiger charge is -2.39. The Morgan fingerprint density at radius 2 is 1.82 bits per heavy atom. The molecule has 28 heavy (non-hydrogen) atoms. The molecule has 0 heterocycles. The molecular weight excluding hydrogens is 436 g/mol. The number of alkyl halides is 1. The van der Waals surface area contributed by atoms with Crippen molar-refractivity contribution in [2.45, 2.75) is 70.6 Å². The van der Waals surface area contributed by atoms with Gasteiger partial charge in [-0.05, 0) is 36.5 Å². The molecule has 2 atom stereocenters. The van der Waals surface area contributed by atoms with Gasteiger partial charge in [-0.2, -0.15) is 0 Å². The Labute approximate surface area is 179 Å². The van der Waals surface area contributed by atoms with Crippen LogP contribution in [0.25, 0.3) is 0 Å². The zero-order chi connectivity index (χ0) is 21.2. The predicted molar refractivity (Wildman–Crippen MR) is 121 cm³/mol. The van der Waals surface area contributed by atoms with E-state index < -0.39 is 8.32 Å². The summed E-state index contributed by atoms with van der Waals surface area (Å²) in [6.45, 7) is 11.8. The van der Waals surface area contributed by atoms with Gasteiger partial charge in [0.15, 0.2) is 8.32 Å². The summed E-state index contributed by atoms with van der Waals surface area (Å²) < 4.78 is 17.4. The molecule has 0 amide bonds. The van der Waals surface area contributed by atoms with Crippen LogP contribution in [0.5, 0.6) is 0 Å². The summed E-state index contributed by atoms with van der Waals surface area (Å²) in [4.78, 5) is 11.4. The number of hydrogen-bond acceptors (Lipinski definition) is 4. The molecule has 0 aliphatic carbocycles. The van der Waals surface area contributed by atoms with Crippen molar-refractivity contribution < 1.29 is 18.7 Å². The van der Waals surface area contributed by atoms with E-state index in [2.05, 4.69) is 66.7 Å². The van der Waals surface area contributed by atoms with Crippen LogP contribution in [-0.4, -0.2) is 38.9 Å². The van der Waals surface area contributed by atoms with Crippen LogP contribution in [0.1, 0.15) is 39.2 Å². The first-order chi connectivity index (χ1) is 13.1. The van der Waals surface area contributed by atoms with Crippen LogP contribution in [0.3, 0.4) is 0 Å². The number of ether oxygens (including phenoxy) is 2. The smallest absolute Gasteiger partial charge is 0.330 e. The van der Waals surface area contributed by atoms with Gasteiger partial charge in [-0.25, -0.2) is 4.79 Å². The molecule has 6 heteroatoms. The minimum Gasteiger partial charge on any atom is -0.466 e. The molecule has 0 bridgehead atoms. The zero-order valence-electron chi connectivity index (χ0n) is 18.0. The average molecular weight is 472 g/mol. The molecule has 0 aromatic heterocycles. The number of benzene rings is 1. The molecule has 0 spiro atoms. The molecule has 158 valence electrons. The molecular formula is C22H35BrO4Si. The lowest BCUT2D eigenvalue weighted by atomic mass is 10.1. The first-order valence-corrected chi connectivity index (χ1v) is 13.8. The zero-order valence-corrected chi connectivity index (χ0v) is 20.6. The Kier molecular flexibility index (Phi) is 10.7. The predicted octanol–water partition coefficient (Wildman–Crippen LogP) is 5.87. The molecule has 0 fully saturated rings. The van der Waals surface area contributed by atoms with Crippen LogP contribution >= 0.6 is 15.9 Å². The van der Waals surface area contributed by atoms with Crippen molar-refractivity contribution in [1.29, 1.82) is 0 Å². The molecule has 0 aliphatic heterocycles. The second-order valence-electron chi connectivity index (χ2n) is 8.47. The van der Waals surface area contributed by atoms with Crippen molar-refractivity contribution in [3.05, 3.63) is 48.0 Å². The Morgan fingerprint density at radius 1 is 1.18 bits per heavy atom. The van der Waals surface area contributed by atoms with Gasteiger partial charge in [-0.15, -0.1) is 0 Å². The molecule has 0 saturated heterocycles. The van der Waals surface area contributed by atoms with E-state index in [0.29, 0.717) is 13.0 Å². The van der Waals surface area contributed by atoms with Crippen LogP contribution in [0.2, 0.25) is 18.1 Å². The second kappa shape index (κ2) is 11.9. The van der Waals surface area contributed by atoms with Crippen LogP contribution in [-0.2, 0) is 25.3 Å². The van der Waals surface area contributed by atoms with Crippen molar-refractivity contribution in [2.24, 2.45) is 0 Å². The van der Waals surface area contributed by atoms with Gasteiger partial charge in [0.05, 0.1) is 25.9 Å². The number of hydrogen-bond donors (Lipinski definition) is 0. The summed E-state index contributed by atoms with van der Waals surface area (Å²) in [5, 5.41) is 0.907. The third kappa shape index (κ3) is 9.03. The largest absolute Gasteiger partial charge is 0.466 e. The van der Waals surface area contributed by atoms with Gasteiger partial charge in [0.25, 0.3) is 0 Å². The van der Waals surface area contributed by atoms with Crippen molar-refractivity contribution in [1.82, 2.24) is 0 Å². The number of methoxy groups -OCH3 is 1. The minimum atomic E-state index is -1.88. The molecule has 0 unspecified atom stereocenters. The molecule has 1 aromatic rings. The summed E-state index contributed by atoms with van der Waals surface area (Å²) in [5.41, 5.74) is 1.13. The van der Waals surface area contributed by atoms with Crippen LogP contribution < -0.4 is 0 Å². The number of halogens is 1. The SMILES string of the molecule is COC(=O)/C=C/C[C@H](C[C@@H](CBr)O[Si](C)(C)C(C)(C)C)OCc1ccccc1. The number of carbonyl (C=O) groups excluding carboxylic acids is 1. The van der Waals surface area contributed by atoms with Gasteiger partial charge in [-0.3, -0.25) is 0 Å². The van der Waals surface area contributed by atoms with E-state index in [1.807, 2.05) is 24.3 Å². The quantitative estimate of drug-likeness (QED) is 0.175. The number of esters is 1. The second-order valence-corrected chi connectivity index (χ2v) is 13.9. The highest BCUT2D eigenvalue weighted by atomic mass is 79.9. The monoisotopic (exact) mass is 470 g/mol. The molecule has 0 aliphatic rings. The maximum atomic E-state index is 11.4. The minimum absolute atomic E-state index is 0.0477. The lowest BCUT2D eigenvalue weighted by molar-refractivity contribution is -0.134. The maximum absolute atomic E-state index is 11.4. The fraction of sp³-hybridized carbons (Fsp3) is 0.591. The first-order valence-electron chi connectivity index (χ1n) is 9.73. The number of carbonyl (C=O) groups is 1. The van der Waals surface area contributed by atoms with Crippen molar-refractivity contribution in [3.63, 3.8) is 0 Å². The summed E-state index contributed by atoms with van der Waals surface area (Å²) >= 11 is 3.61. The van der Waals surface area contributed by atoms with E-state index >= 15 is 0 Å². The normalized spacial score (nSPS) is 14.8. The van der Waals surface area contributed by atoms with Crippen molar-refractivity contribution >= 4 is 30.2 Å². The van der Waals surface area contributed by atoms with Gasteiger partial charge in [-0.1, -0.05) is 73.1 Å². The van der Waals surface area contributed by atoms with E-state index in [9.17, 15) is 4.79 Å². The molecule has 1 rings (SSSR count). The fourth-order valence-electron chi connectivity index (χ4n) is 2.43. The summed E-state index contributed by atoms with van der Waals surface area (Å²) in [6.07, 6.45) is 4.68. The highest BCUT2D eigenvalue weighted by Crippen LogP contribution is 2.38. The Balaban J connectivity index is 2.80. The van der Waals surface area contributed by atoms with Gasteiger partial charge in [0, 0.05) is 11.4 Å². The standard InChI is InChI=1S/C22H35BrO4Si/c1-22(2,3)28(5,6)27-20(16-23)15-19(13-10-14-21(24)25-4)26-17-18-11-8-7-9-12-18/h7-12,14,19-20H,13,15-17H2,1-6H3/b14-10+/t19-,20+/m1/s1. The third-order valence-corrected chi connectivity index (χ3v) is 10.4. The van der Waals surface area contributed by atoms with Gasteiger partial charge in [0.1, 0.15) is 0 Å². The van der Waals surface area contributed by atoms with Crippen molar-refractivity contribution in [2.75, 3.05) is 12.4 Å². The number of rotatable bonds is 11. The lowest BCUT2D eigenvalue weighted by Crippen LogP contribution is -2.45. The first kappa shape index (κ1) is 25.1. The summed E-state index contributed by atoms with van der Waals surface area (Å²) in [7, 11) is -0.496. The Morgan fingerprint density at radius 3 is 2.36 bits per heavy atom.